The number of aromatic amines is 1. The van der Waals surface area contributed by atoms with E-state index in [9.17, 15) is 9.59 Å². The van der Waals surface area contributed by atoms with Gasteiger partial charge in [0, 0.05) is 30.6 Å². The zero-order chi connectivity index (χ0) is 14.0. The highest BCUT2D eigenvalue weighted by atomic mass is 16.2. The number of carbonyl (C=O) groups excluding carboxylic acids is 2. The zero-order valence-corrected chi connectivity index (χ0v) is 11.3. The van der Waals surface area contributed by atoms with Gasteiger partial charge in [0.2, 0.25) is 5.91 Å². The Balaban J connectivity index is 1.96. The van der Waals surface area contributed by atoms with Crippen molar-refractivity contribution >= 4 is 11.8 Å². The number of aromatic nitrogens is 2. The van der Waals surface area contributed by atoms with Crippen LogP contribution in [0, 0.1) is 5.92 Å². The second-order valence-corrected chi connectivity index (χ2v) is 5.33. The van der Waals surface area contributed by atoms with Gasteiger partial charge in [0.05, 0.1) is 0 Å². The van der Waals surface area contributed by atoms with E-state index in [4.69, 9.17) is 5.73 Å². The van der Waals surface area contributed by atoms with Gasteiger partial charge in [-0.15, -0.1) is 0 Å². The Labute approximate surface area is 112 Å². The van der Waals surface area contributed by atoms with Gasteiger partial charge in [-0.25, -0.2) is 0 Å². The van der Waals surface area contributed by atoms with Gasteiger partial charge in [-0.05, 0) is 18.9 Å². The summed E-state index contributed by atoms with van der Waals surface area (Å²) in [6, 6.07) is 1.72. The number of piperidine rings is 1. The Kier molecular flexibility index (Phi) is 3.87. The number of rotatable bonds is 3. The van der Waals surface area contributed by atoms with Crippen LogP contribution in [0.2, 0.25) is 0 Å². The van der Waals surface area contributed by atoms with E-state index in [-0.39, 0.29) is 17.5 Å². The van der Waals surface area contributed by atoms with Crippen LogP contribution in [0.15, 0.2) is 6.07 Å². The molecule has 0 aliphatic carbocycles. The molecule has 0 radical (unpaired) electrons. The molecule has 1 fully saturated rings. The standard InChI is InChI=1S/C13H20N4O2/c1-8(2)13(19)17-5-3-9(4-6-17)10-7-11(12(14)18)16-15-10/h7-9H,3-6H2,1-2H3,(H2,14,18)(H,15,16). The van der Waals surface area contributed by atoms with Crippen molar-refractivity contribution in [2.75, 3.05) is 13.1 Å². The van der Waals surface area contributed by atoms with Crippen molar-refractivity contribution in [3.05, 3.63) is 17.5 Å². The van der Waals surface area contributed by atoms with E-state index >= 15 is 0 Å². The van der Waals surface area contributed by atoms with Gasteiger partial charge in [-0.1, -0.05) is 13.8 Å². The normalized spacial score (nSPS) is 16.9. The van der Waals surface area contributed by atoms with E-state index in [2.05, 4.69) is 10.2 Å². The Morgan fingerprint density at radius 1 is 1.42 bits per heavy atom. The van der Waals surface area contributed by atoms with Crippen LogP contribution in [0.1, 0.15) is 48.8 Å². The molecule has 0 saturated carbocycles. The maximum Gasteiger partial charge on any atom is 0.269 e. The quantitative estimate of drug-likeness (QED) is 0.848. The molecule has 1 saturated heterocycles. The summed E-state index contributed by atoms with van der Waals surface area (Å²) in [6.07, 6.45) is 1.78. The second-order valence-electron chi connectivity index (χ2n) is 5.33. The third-order valence-electron chi connectivity index (χ3n) is 3.59. The number of nitrogens with zero attached hydrogens (tertiary/aromatic N) is 2. The lowest BCUT2D eigenvalue weighted by atomic mass is 9.93. The molecular formula is C13H20N4O2. The van der Waals surface area contributed by atoms with Crippen molar-refractivity contribution in [1.29, 1.82) is 0 Å². The molecule has 1 aromatic heterocycles. The Morgan fingerprint density at radius 3 is 2.53 bits per heavy atom. The van der Waals surface area contributed by atoms with Crippen molar-refractivity contribution in [1.82, 2.24) is 15.1 Å². The number of hydrogen-bond acceptors (Lipinski definition) is 3. The molecule has 2 heterocycles. The molecule has 0 spiro atoms. The lowest BCUT2D eigenvalue weighted by Crippen LogP contribution is -2.40. The largest absolute Gasteiger partial charge is 0.364 e. The Bertz CT molecular complexity index is 473. The summed E-state index contributed by atoms with van der Waals surface area (Å²) in [7, 11) is 0. The molecule has 104 valence electrons. The summed E-state index contributed by atoms with van der Waals surface area (Å²) >= 11 is 0. The van der Waals surface area contributed by atoms with Crippen LogP contribution >= 0.6 is 0 Å². The van der Waals surface area contributed by atoms with Gasteiger partial charge in [-0.3, -0.25) is 14.7 Å². The van der Waals surface area contributed by atoms with Crippen LogP contribution in [0.25, 0.3) is 0 Å². The fourth-order valence-corrected chi connectivity index (χ4v) is 2.45. The molecular weight excluding hydrogens is 244 g/mol. The monoisotopic (exact) mass is 264 g/mol. The number of nitrogens with two attached hydrogens (primary N) is 1. The molecule has 1 aromatic rings. The molecule has 19 heavy (non-hydrogen) atoms. The molecule has 0 aromatic carbocycles. The van der Waals surface area contributed by atoms with Gasteiger partial charge >= 0.3 is 0 Å². The minimum atomic E-state index is -0.519. The van der Waals surface area contributed by atoms with Crippen molar-refractivity contribution in [2.45, 2.75) is 32.6 Å². The average molecular weight is 264 g/mol. The summed E-state index contributed by atoms with van der Waals surface area (Å²) in [5.74, 6) is 0.0535. The summed E-state index contributed by atoms with van der Waals surface area (Å²) < 4.78 is 0. The number of hydrogen-bond donors (Lipinski definition) is 2. The van der Waals surface area contributed by atoms with Crippen LogP contribution in [0.5, 0.6) is 0 Å². The van der Waals surface area contributed by atoms with E-state index in [0.29, 0.717) is 5.92 Å². The SMILES string of the molecule is CC(C)C(=O)N1CCC(c2cc(C(N)=O)n[nH]2)CC1. The minimum Gasteiger partial charge on any atom is -0.364 e. The fourth-order valence-electron chi connectivity index (χ4n) is 2.45. The minimum absolute atomic E-state index is 0.0465. The van der Waals surface area contributed by atoms with E-state index < -0.39 is 5.91 Å². The maximum atomic E-state index is 11.9. The van der Waals surface area contributed by atoms with Gasteiger partial charge in [0.25, 0.3) is 5.91 Å². The van der Waals surface area contributed by atoms with Gasteiger partial charge < -0.3 is 10.6 Å². The molecule has 2 amide bonds. The van der Waals surface area contributed by atoms with Crippen LogP contribution in [0.4, 0.5) is 0 Å². The summed E-state index contributed by atoms with van der Waals surface area (Å²) in [4.78, 5) is 24.8. The van der Waals surface area contributed by atoms with Crippen LogP contribution < -0.4 is 5.73 Å². The topological polar surface area (TPSA) is 92.1 Å². The van der Waals surface area contributed by atoms with Crippen LogP contribution in [-0.4, -0.2) is 40.0 Å². The lowest BCUT2D eigenvalue weighted by Gasteiger charge is -2.32. The number of likely N-dealkylation sites (tertiary alicyclic amines) is 1. The van der Waals surface area contributed by atoms with Crippen LogP contribution in [0.3, 0.4) is 0 Å². The number of amides is 2. The highest BCUT2D eigenvalue weighted by Crippen LogP contribution is 2.27. The Morgan fingerprint density at radius 2 is 2.05 bits per heavy atom. The number of H-pyrrole nitrogens is 1. The summed E-state index contributed by atoms with van der Waals surface area (Å²) in [6.45, 7) is 5.35. The first-order chi connectivity index (χ1) is 8.99. The Hall–Kier alpha value is -1.85. The third-order valence-corrected chi connectivity index (χ3v) is 3.59. The van der Waals surface area contributed by atoms with Crippen molar-refractivity contribution in [3.63, 3.8) is 0 Å². The predicted octanol–water partition coefficient (Wildman–Crippen LogP) is 0.871. The molecule has 1 aliphatic heterocycles. The number of carbonyl (C=O) groups is 2. The number of primary amides is 1. The molecule has 0 bridgehead atoms. The highest BCUT2D eigenvalue weighted by molar-refractivity contribution is 5.90. The molecule has 6 nitrogen and oxygen atoms in total. The van der Waals surface area contributed by atoms with Gasteiger partial charge in [-0.2, -0.15) is 5.10 Å². The molecule has 2 rings (SSSR count). The van der Waals surface area contributed by atoms with Crippen molar-refractivity contribution in [2.24, 2.45) is 11.7 Å². The van der Waals surface area contributed by atoms with Crippen molar-refractivity contribution < 1.29 is 9.59 Å². The van der Waals surface area contributed by atoms with Crippen molar-refractivity contribution in [3.8, 4) is 0 Å². The maximum absolute atomic E-state index is 11.9. The predicted molar refractivity (Wildman–Crippen MR) is 70.5 cm³/mol. The smallest absolute Gasteiger partial charge is 0.269 e. The van der Waals surface area contributed by atoms with Gasteiger partial charge in [0.1, 0.15) is 5.69 Å². The molecule has 6 heteroatoms. The molecule has 0 unspecified atom stereocenters. The van der Waals surface area contributed by atoms with E-state index in [1.54, 1.807) is 6.07 Å². The number of nitrogens with one attached hydrogen (secondary N) is 1. The third kappa shape index (κ3) is 2.94. The highest BCUT2D eigenvalue weighted by Gasteiger charge is 2.26. The second kappa shape index (κ2) is 5.42. The first kappa shape index (κ1) is 13.6. The lowest BCUT2D eigenvalue weighted by molar-refractivity contribution is -0.135. The van der Waals surface area contributed by atoms with E-state index in [0.717, 1.165) is 31.6 Å². The molecule has 3 N–H and O–H groups in total. The first-order valence-corrected chi connectivity index (χ1v) is 6.63. The van der Waals surface area contributed by atoms with Crippen LogP contribution in [-0.2, 0) is 4.79 Å². The van der Waals surface area contributed by atoms with E-state index in [1.165, 1.54) is 0 Å². The van der Waals surface area contributed by atoms with E-state index in [1.807, 2.05) is 18.7 Å². The summed E-state index contributed by atoms with van der Waals surface area (Å²) in [5, 5.41) is 6.76. The summed E-state index contributed by atoms with van der Waals surface area (Å²) in [5.41, 5.74) is 6.39. The molecule has 1 aliphatic rings. The average Bonchev–Trinajstić information content (AvgIpc) is 2.87. The zero-order valence-electron chi connectivity index (χ0n) is 11.3. The van der Waals surface area contributed by atoms with Gasteiger partial charge in [0.15, 0.2) is 0 Å². The fraction of sp³-hybridized carbons (Fsp3) is 0.615. The molecule has 0 atom stereocenters. The first-order valence-electron chi connectivity index (χ1n) is 6.63.